The summed E-state index contributed by atoms with van der Waals surface area (Å²) in [6.45, 7) is 7.91. The number of aryl methyl sites for hydroxylation is 2. The van der Waals surface area contributed by atoms with Crippen molar-refractivity contribution in [1.29, 1.82) is 0 Å². The van der Waals surface area contributed by atoms with Crippen LogP contribution >= 0.6 is 11.6 Å². The van der Waals surface area contributed by atoms with Gasteiger partial charge in [0, 0.05) is 17.8 Å². The Bertz CT molecular complexity index is 434. The maximum atomic E-state index is 5.76. The second kappa shape index (κ2) is 4.47. The van der Waals surface area contributed by atoms with Crippen molar-refractivity contribution < 1.29 is 4.42 Å². The Morgan fingerprint density at radius 3 is 2.57 bits per heavy atom. The van der Waals surface area contributed by atoms with E-state index in [1.807, 2.05) is 27.7 Å². The first-order chi connectivity index (χ1) is 6.68. The van der Waals surface area contributed by atoms with Crippen LogP contribution in [0.3, 0.4) is 0 Å². The van der Waals surface area contributed by atoms with Crippen molar-refractivity contribution >= 4 is 22.7 Å². The molecule has 0 aliphatic heterocycles. The number of nitrogens with zero attached hydrogens (tertiary/aromatic N) is 1. The van der Waals surface area contributed by atoms with E-state index in [4.69, 9.17) is 16.0 Å². The van der Waals surface area contributed by atoms with Crippen LogP contribution in [0.5, 0.6) is 0 Å². The Balaban J connectivity index is 0.000000461. The van der Waals surface area contributed by atoms with E-state index in [-0.39, 0.29) is 0 Å². The van der Waals surface area contributed by atoms with Gasteiger partial charge in [-0.25, -0.2) is 0 Å². The van der Waals surface area contributed by atoms with Crippen LogP contribution < -0.4 is 0 Å². The number of furan rings is 1. The molecule has 0 amide bonds. The predicted octanol–water partition coefficient (Wildman–Crippen LogP) is 4.12. The van der Waals surface area contributed by atoms with Gasteiger partial charge >= 0.3 is 0 Å². The van der Waals surface area contributed by atoms with Crippen molar-refractivity contribution in [2.24, 2.45) is 0 Å². The van der Waals surface area contributed by atoms with Gasteiger partial charge in [0.05, 0.1) is 5.02 Å². The fourth-order valence-corrected chi connectivity index (χ4v) is 1.34. The van der Waals surface area contributed by atoms with Gasteiger partial charge in [-0.2, -0.15) is 0 Å². The summed E-state index contributed by atoms with van der Waals surface area (Å²) in [4.78, 5) is 4.18. The molecule has 0 N–H and O–H groups in total. The molecule has 0 aliphatic rings. The van der Waals surface area contributed by atoms with Crippen LogP contribution in [-0.2, 0) is 0 Å². The van der Waals surface area contributed by atoms with E-state index in [1.165, 1.54) is 0 Å². The fraction of sp³-hybridized carbons (Fsp3) is 0.364. The average molecular weight is 212 g/mol. The summed E-state index contributed by atoms with van der Waals surface area (Å²) in [5.41, 5.74) is 2.75. The van der Waals surface area contributed by atoms with E-state index in [0.29, 0.717) is 5.02 Å². The molecule has 14 heavy (non-hydrogen) atoms. The summed E-state index contributed by atoms with van der Waals surface area (Å²) in [5, 5.41) is 0.608. The van der Waals surface area contributed by atoms with Crippen LogP contribution in [0.4, 0.5) is 0 Å². The van der Waals surface area contributed by atoms with Gasteiger partial charge in [0.1, 0.15) is 11.3 Å². The van der Waals surface area contributed by atoms with Crippen molar-refractivity contribution in [2.75, 3.05) is 0 Å². The minimum Gasteiger partial charge on any atom is -0.459 e. The standard InChI is InChI=1S/C9H8ClNO.C2H6/c1-5-6(2)12-8-3-7(10)4-11-9(5)8;1-2/h3-4H,1-2H3;1-2H3. The second-order valence-corrected chi connectivity index (χ2v) is 3.22. The highest BCUT2D eigenvalue weighted by molar-refractivity contribution is 6.31. The molecule has 2 heterocycles. The molecule has 3 heteroatoms. The van der Waals surface area contributed by atoms with Gasteiger partial charge < -0.3 is 4.42 Å². The average Bonchev–Trinajstić information content (AvgIpc) is 2.45. The van der Waals surface area contributed by atoms with E-state index >= 15 is 0 Å². The highest BCUT2D eigenvalue weighted by Gasteiger charge is 2.07. The molecule has 2 aromatic heterocycles. The van der Waals surface area contributed by atoms with Crippen LogP contribution in [0, 0.1) is 13.8 Å². The molecule has 0 unspecified atom stereocenters. The lowest BCUT2D eigenvalue weighted by molar-refractivity contribution is 0.575. The molecule has 0 saturated carbocycles. The molecular weight excluding hydrogens is 198 g/mol. The maximum absolute atomic E-state index is 5.76. The van der Waals surface area contributed by atoms with Crippen molar-refractivity contribution in [3.8, 4) is 0 Å². The SMILES string of the molecule is CC.Cc1oc2cc(Cl)cnc2c1C. The highest BCUT2D eigenvalue weighted by Crippen LogP contribution is 2.24. The van der Waals surface area contributed by atoms with Gasteiger partial charge in [-0.1, -0.05) is 25.4 Å². The molecule has 0 atom stereocenters. The predicted molar refractivity (Wildman–Crippen MR) is 59.8 cm³/mol. The third-order valence-electron chi connectivity index (χ3n) is 1.97. The zero-order chi connectivity index (χ0) is 10.7. The zero-order valence-electron chi connectivity index (χ0n) is 8.89. The molecule has 0 spiro atoms. The Kier molecular flexibility index (Phi) is 3.53. The van der Waals surface area contributed by atoms with Gasteiger partial charge in [-0.3, -0.25) is 4.98 Å². The molecule has 0 fully saturated rings. The Morgan fingerprint density at radius 2 is 1.93 bits per heavy atom. The summed E-state index contributed by atoms with van der Waals surface area (Å²) >= 11 is 5.76. The smallest absolute Gasteiger partial charge is 0.154 e. The number of pyridine rings is 1. The number of aromatic nitrogens is 1. The molecule has 0 aliphatic carbocycles. The molecule has 0 radical (unpaired) electrons. The van der Waals surface area contributed by atoms with Gasteiger partial charge in [-0.15, -0.1) is 0 Å². The first kappa shape index (κ1) is 11.1. The van der Waals surface area contributed by atoms with E-state index in [0.717, 1.165) is 22.4 Å². The third-order valence-corrected chi connectivity index (χ3v) is 2.17. The van der Waals surface area contributed by atoms with E-state index in [9.17, 15) is 0 Å². The summed E-state index contributed by atoms with van der Waals surface area (Å²) in [6, 6.07) is 1.78. The van der Waals surface area contributed by atoms with Crippen LogP contribution in [0.2, 0.25) is 5.02 Å². The normalized spacial score (nSPS) is 9.79. The quantitative estimate of drug-likeness (QED) is 0.655. The largest absolute Gasteiger partial charge is 0.459 e. The Morgan fingerprint density at radius 1 is 1.29 bits per heavy atom. The summed E-state index contributed by atoms with van der Waals surface area (Å²) < 4.78 is 5.43. The van der Waals surface area contributed by atoms with E-state index in [2.05, 4.69) is 4.98 Å². The summed E-state index contributed by atoms with van der Waals surface area (Å²) in [6.07, 6.45) is 1.63. The van der Waals surface area contributed by atoms with Crippen molar-refractivity contribution in [3.05, 3.63) is 28.6 Å². The van der Waals surface area contributed by atoms with Crippen LogP contribution in [-0.4, -0.2) is 4.98 Å². The molecular formula is C11H14ClNO. The third kappa shape index (κ3) is 1.90. The molecule has 0 aromatic carbocycles. The molecule has 2 rings (SSSR count). The number of hydrogen-bond donors (Lipinski definition) is 0. The van der Waals surface area contributed by atoms with Crippen LogP contribution in [0.25, 0.3) is 11.1 Å². The highest BCUT2D eigenvalue weighted by atomic mass is 35.5. The topological polar surface area (TPSA) is 26.0 Å². The zero-order valence-corrected chi connectivity index (χ0v) is 9.64. The monoisotopic (exact) mass is 211 g/mol. The van der Waals surface area contributed by atoms with Gasteiger partial charge in [0.15, 0.2) is 5.58 Å². The van der Waals surface area contributed by atoms with Gasteiger partial charge in [-0.05, 0) is 13.8 Å². The maximum Gasteiger partial charge on any atom is 0.154 e. The van der Waals surface area contributed by atoms with E-state index in [1.54, 1.807) is 12.3 Å². The lowest BCUT2D eigenvalue weighted by atomic mass is 10.2. The van der Waals surface area contributed by atoms with Crippen LogP contribution in [0.1, 0.15) is 25.2 Å². The number of fused-ring (bicyclic) bond motifs is 1. The molecule has 0 saturated heterocycles. The molecule has 76 valence electrons. The first-order valence-corrected chi connectivity index (χ1v) is 5.07. The Labute approximate surface area is 88.9 Å². The first-order valence-electron chi connectivity index (χ1n) is 4.70. The van der Waals surface area contributed by atoms with E-state index < -0.39 is 0 Å². The molecule has 0 bridgehead atoms. The fourth-order valence-electron chi connectivity index (χ4n) is 1.19. The minimum absolute atomic E-state index is 0.608. The number of rotatable bonds is 0. The summed E-state index contributed by atoms with van der Waals surface area (Å²) in [5.74, 6) is 0.903. The number of halogens is 1. The van der Waals surface area contributed by atoms with Crippen LogP contribution in [0.15, 0.2) is 16.7 Å². The lowest BCUT2D eigenvalue weighted by Crippen LogP contribution is -1.75. The van der Waals surface area contributed by atoms with Crippen molar-refractivity contribution in [2.45, 2.75) is 27.7 Å². The van der Waals surface area contributed by atoms with Gasteiger partial charge in [0.2, 0.25) is 0 Å². The molecule has 2 nitrogen and oxygen atoms in total. The minimum atomic E-state index is 0.608. The number of hydrogen-bond acceptors (Lipinski definition) is 2. The van der Waals surface area contributed by atoms with Gasteiger partial charge in [0.25, 0.3) is 0 Å². The summed E-state index contributed by atoms with van der Waals surface area (Å²) in [7, 11) is 0. The second-order valence-electron chi connectivity index (χ2n) is 2.78. The van der Waals surface area contributed by atoms with Crippen molar-refractivity contribution in [1.82, 2.24) is 4.98 Å². The molecule has 2 aromatic rings. The van der Waals surface area contributed by atoms with Crippen molar-refractivity contribution in [3.63, 3.8) is 0 Å². The lowest BCUT2D eigenvalue weighted by Gasteiger charge is -1.88. The Hall–Kier alpha value is -1.02.